The van der Waals surface area contributed by atoms with Crippen LogP contribution in [-0.2, 0) is 9.53 Å². The highest BCUT2D eigenvalue weighted by atomic mass is 16.5. The van der Waals surface area contributed by atoms with Crippen LogP contribution < -0.4 is 10.6 Å². The van der Waals surface area contributed by atoms with Crippen LogP contribution in [0.5, 0.6) is 0 Å². The fourth-order valence-electron chi connectivity index (χ4n) is 1.18. The van der Waals surface area contributed by atoms with Crippen LogP contribution >= 0.6 is 0 Å². The largest absolute Gasteiger partial charge is 0.380 e. The Hall–Kier alpha value is -0.610. The third kappa shape index (κ3) is 17.8. The lowest BCUT2D eigenvalue weighted by molar-refractivity contribution is -0.122. The quantitative estimate of drug-likeness (QED) is 0.593. The van der Waals surface area contributed by atoms with Gasteiger partial charge in [-0.05, 0) is 6.42 Å². The Bertz CT molecular complexity index is 173. The molecule has 0 heterocycles. The Balaban J connectivity index is 0. The average Bonchev–Trinajstić information content (AvgIpc) is 2.36. The number of hydrogen-bond acceptors (Lipinski definition) is 3. The number of carbonyl (C=O) groups is 1. The predicted octanol–water partition coefficient (Wildman–Crippen LogP) is 2.33. The van der Waals surface area contributed by atoms with Crippen LogP contribution in [0.2, 0.25) is 0 Å². The van der Waals surface area contributed by atoms with Crippen molar-refractivity contribution >= 4 is 5.91 Å². The van der Waals surface area contributed by atoms with Gasteiger partial charge in [0.2, 0.25) is 5.91 Å². The van der Waals surface area contributed by atoms with Gasteiger partial charge in [0.05, 0.1) is 13.2 Å². The summed E-state index contributed by atoms with van der Waals surface area (Å²) in [5, 5.41) is 6.11. The summed E-state index contributed by atoms with van der Waals surface area (Å²) < 4.78 is 5.34. The van der Waals surface area contributed by atoms with E-state index in [4.69, 9.17) is 4.74 Å². The summed E-state index contributed by atoms with van der Waals surface area (Å²) >= 11 is 0. The van der Waals surface area contributed by atoms with E-state index in [-0.39, 0.29) is 5.91 Å². The van der Waals surface area contributed by atoms with E-state index in [2.05, 4.69) is 31.4 Å². The maximum atomic E-state index is 11.3. The van der Waals surface area contributed by atoms with E-state index >= 15 is 0 Å². The van der Waals surface area contributed by atoms with Gasteiger partial charge in [-0.1, -0.05) is 41.0 Å². The molecule has 0 unspecified atom stereocenters. The van der Waals surface area contributed by atoms with E-state index in [1.807, 2.05) is 13.8 Å². The minimum absolute atomic E-state index is 0.0882. The zero-order chi connectivity index (χ0) is 14.2. The van der Waals surface area contributed by atoms with E-state index in [1.54, 1.807) is 0 Å². The molecule has 0 aromatic carbocycles. The monoisotopic (exact) mass is 260 g/mol. The van der Waals surface area contributed by atoms with Crippen LogP contribution in [0.4, 0.5) is 0 Å². The molecule has 4 nitrogen and oxygen atoms in total. The van der Waals surface area contributed by atoms with Gasteiger partial charge in [0, 0.05) is 25.6 Å². The van der Waals surface area contributed by atoms with E-state index < -0.39 is 0 Å². The molecular weight excluding hydrogens is 228 g/mol. The lowest BCUT2D eigenvalue weighted by Crippen LogP contribution is -2.28. The topological polar surface area (TPSA) is 50.4 Å². The molecule has 2 N–H and O–H groups in total. The van der Waals surface area contributed by atoms with Crippen molar-refractivity contribution < 1.29 is 9.53 Å². The molecule has 110 valence electrons. The molecule has 0 aromatic heterocycles. The van der Waals surface area contributed by atoms with Gasteiger partial charge in [-0.3, -0.25) is 4.79 Å². The molecule has 0 aliphatic rings. The molecule has 4 heteroatoms. The molecular formula is C14H32N2O2. The van der Waals surface area contributed by atoms with Crippen molar-refractivity contribution in [3.63, 3.8) is 0 Å². The number of hydrogen-bond donors (Lipinski definition) is 2. The van der Waals surface area contributed by atoms with E-state index in [9.17, 15) is 4.79 Å². The Kier molecular flexibility index (Phi) is 18.0. The van der Waals surface area contributed by atoms with Crippen molar-refractivity contribution in [2.75, 3.05) is 26.3 Å². The lowest BCUT2D eigenvalue weighted by atomic mass is 10.3. The van der Waals surface area contributed by atoms with Crippen LogP contribution in [-0.4, -0.2) is 38.3 Å². The van der Waals surface area contributed by atoms with E-state index in [0.29, 0.717) is 25.7 Å². The maximum absolute atomic E-state index is 11.3. The second kappa shape index (κ2) is 16.4. The van der Waals surface area contributed by atoms with Crippen molar-refractivity contribution in [1.82, 2.24) is 10.6 Å². The Morgan fingerprint density at radius 3 is 2.39 bits per heavy atom. The van der Waals surface area contributed by atoms with Crippen molar-refractivity contribution in [2.24, 2.45) is 0 Å². The predicted molar refractivity (Wildman–Crippen MR) is 77.8 cm³/mol. The first-order chi connectivity index (χ1) is 8.66. The summed E-state index contributed by atoms with van der Waals surface area (Å²) in [7, 11) is 0. The van der Waals surface area contributed by atoms with Crippen molar-refractivity contribution in [3.05, 3.63) is 0 Å². The standard InChI is InChI=1S/C12H26N2O2.C2H6/c1-4-5-7-14-12(15)6-9-16-10-8-13-11(2)3;1-2/h11,13H,4-10H2,1-3H3,(H,14,15);1-2H3. The van der Waals surface area contributed by atoms with E-state index in [1.165, 1.54) is 0 Å². The normalized spacial score (nSPS) is 9.89. The van der Waals surface area contributed by atoms with Gasteiger partial charge in [0.25, 0.3) is 0 Å². The first-order valence-electron chi connectivity index (χ1n) is 7.24. The summed E-state index contributed by atoms with van der Waals surface area (Å²) in [6, 6.07) is 0.487. The Morgan fingerprint density at radius 1 is 1.17 bits per heavy atom. The molecule has 0 rings (SSSR count). The maximum Gasteiger partial charge on any atom is 0.222 e. The molecule has 0 atom stereocenters. The third-order valence-electron chi connectivity index (χ3n) is 2.12. The van der Waals surface area contributed by atoms with Crippen LogP contribution in [0.25, 0.3) is 0 Å². The SMILES string of the molecule is CC.CCCCNC(=O)CCOCCNC(C)C. The minimum Gasteiger partial charge on any atom is -0.380 e. The second-order valence-electron chi connectivity index (χ2n) is 4.17. The summed E-state index contributed by atoms with van der Waals surface area (Å²) in [5.74, 6) is 0.0882. The zero-order valence-electron chi connectivity index (χ0n) is 12.8. The van der Waals surface area contributed by atoms with Crippen LogP contribution in [0.1, 0.15) is 53.9 Å². The molecule has 0 bridgehead atoms. The van der Waals surface area contributed by atoms with Gasteiger partial charge < -0.3 is 15.4 Å². The van der Waals surface area contributed by atoms with Gasteiger partial charge in [-0.15, -0.1) is 0 Å². The highest BCUT2D eigenvalue weighted by Gasteiger charge is 1.99. The minimum atomic E-state index is 0.0882. The Morgan fingerprint density at radius 2 is 1.83 bits per heavy atom. The molecule has 0 radical (unpaired) electrons. The van der Waals surface area contributed by atoms with Crippen molar-refractivity contribution in [2.45, 2.75) is 59.9 Å². The summed E-state index contributed by atoms with van der Waals surface area (Å²) in [6.45, 7) is 13.1. The number of ether oxygens (including phenoxy) is 1. The molecule has 0 spiro atoms. The zero-order valence-corrected chi connectivity index (χ0v) is 12.8. The summed E-state index contributed by atoms with van der Waals surface area (Å²) in [6.07, 6.45) is 2.62. The van der Waals surface area contributed by atoms with Crippen molar-refractivity contribution in [1.29, 1.82) is 0 Å². The second-order valence-corrected chi connectivity index (χ2v) is 4.17. The molecule has 1 amide bonds. The summed E-state index contributed by atoms with van der Waals surface area (Å²) in [5.41, 5.74) is 0. The number of rotatable bonds is 10. The summed E-state index contributed by atoms with van der Waals surface area (Å²) in [4.78, 5) is 11.3. The van der Waals surface area contributed by atoms with Crippen LogP contribution in [0.3, 0.4) is 0 Å². The third-order valence-corrected chi connectivity index (χ3v) is 2.12. The number of amides is 1. The van der Waals surface area contributed by atoms with Gasteiger partial charge >= 0.3 is 0 Å². The highest BCUT2D eigenvalue weighted by Crippen LogP contribution is 1.86. The number of carbonyl (C=O) groups excluding carboxylic acids is 1. The van der Waals surface area contributed by atoms with Gasteiger partial charge in [0.1, 0.15) is 0 Å². The molecule has 18 heavy (non-hydrogen) atoms. The van der Waals surface area contributed by atoms with Crippen LogP contribution in [0.15, 0.2) is 0 Å². The first-order valence-corrected chi connectivity index (χ1v) is 7.24. The molecule has 0 aliphatic heterocycles. The molecule has 0 aliphatic carbocycles. The van der Waals surface area contributed by atoms with E-state index in [0.717, 1.165) is 25.9 Å². The Labute approximate surface area is 113 Å². The first kappa shape index (κ1) is 19.7. The molecule has 0 aromatic rings. The molecule has 0 saturated heterocycles. The highest BCUT2D eigenvalue weighted by molar-refractivity contribution is 5.75. The number of nitrogens with one attached hydrogen (secondary N) is 2. The average molecular weight is 260 g/mol. The molecule has 0 saturated carbocycles. The smallest absolute Gasteiger partial charge is 0.222 e. The number of unbranched alkanes of at least 4 members (excludes halogenated alkanes) is 1. The van der Waals surface area contributed by atoms with Gasteiger partial charge in [-0.2, -0.15) is 0 Å². The van der Waals surface area contributed by atoms with Gasteiger partial charge in [-0.25, -0.2) is 0 Å². The van der Waals surface area contributed by atoms with Crippen molar-refractivity contribution in [3.8, 4) is 0 Å². The fourth-order valence-corrected chi connectivity index (χ4v) is 1.18. The van der Waals surface area contributed by atoms with Gasteiger partial charge in [0.15, 0.2) is 0 Å². The van der Waals surface area contributed by atoms with Crippen LogP contribution in [0, 0.1) is 0 Å². The fraction of sp³-hybridized carbons (Fsp3) is 0.929. The lowest BCUT2D eigenvalue weighted by Gasteiger charge is -2.08. The molecule has 0 fully saturated rings.